The minimum absolute atomic E-state index is 0. The van der Waals surface area contributed by atoms with E-state index >= 15 is 0 Å². The van der Waals surface area contributed by atoms with Crippen LogP contribution in [-0.4, -0.2) is 18.2 Å². The molecule has 1 heterocycles. The van der Waals surface area contributed by atoms with Gasteiger partial charge in [-0.1, -0.05) is 31.2 Å². The highest BCUT2D eigenvalue weighted by atomic mass is 35.5. The molecule has 6 heteroatoms. The quantitative estimate of drug-likeness (QED) is 0.709. The molecule has 2 aromatic rings. The van der Waals surface area contributed by atoms with E-state index in [1.54, 1.807) is 6.07 Å². The van der Waals surface area contributed by atoms with Gasteiger partial charge in [0.1, 0.15) is 0 Å². The molecule has 0 saturated carbocycles. The van der Waals surface area contributed by atoms with Crippen molar-refractivity contribution in [2.45, 2.75) is 26.3 Å². The minimum atomic E-state index is -0.131. The number of amides is 1. The third-order valence-electron chi connectivity index (χ3n) is 3.23. The number of hydrogen-bond acceptors (Lipinski definition) is 4. The summed E-state index contributed by atoms with van der Waals surface area (Å²) in [6, 6.07) is 11.3. The standard InChI is InChI=1S/C17H20N2O2S.ClH/c1-2-18-12-13-6-3-4-7-14(13)19-17(21)10-9-15(20)16-8-5-11-22-16;/h3-8,11,18H,2,9-10,12H2,1H3,(H,19,21);1H. The molecule has 0 aliphatic heterocycles. The Bertz CT molecular complexity index is 629. The molecular weight excluding hydrogens is 332 g/mol. The number of Topliss-reactive ketones (excluding diaryl/α,β-unsaturated/α-hetero) is 1. The summed E-state index contributed by atoms with van der Waals surface area (Å²) in [4.78, 5) is 24.6. The van der Waals surface area contributed by atoms with Crippen LogP contribution in [0.15, 0.2) is 41.8 Å². The Morgan fingerprint density at radius 3 is 2.57 bits per heavy atom. The van der Waals surface area contributed by atoms with Crippen LogP contribution in [0.2, 0.25) is 0 Å². The minimum Gasteiger partial charge on any atom is -0.326 e. The van der Waals surface area contributed by atoms with E-state index in [2.05, 4.69) is 10.6 Å². The van der Waals surface area contributed by atoms with Gasteiger partial charge >= 0.3 is 0 Å². The smallest absolute Gasteiger partial charge is 0.224 e. The number of benzene rings is 1. The van der Waals surface area contributed by atoms with Gasteiger partial charge in [-0.25, -0.2) is 0 Å². The van der Waals surface area contributed by atoms with Crippen LogP contribution in [0.25, 0.3) is 0 Å². The lowest BCUT2D eigenvalue weighted by Gasteiger charge is -2.11. The molecule has 23 heavy (non-hydrogen) atoms. The molecule has 1 amide bonds. The molecule has 0 bridgehead atoms. The molecule has 0 saturated heterocycles. The Labute approximate surface area is 146 Å². The first kappa shape index (κ1) is 19.4. The van der Waals surface area contributed by atoms with Gasteiger partial charge in [-0.15, -0.1) is 23.7 Å². The van der Waals surface area contributed by atoms with Crippen molar-refractivity contribution in [1.82, 2.24) is 5.32 Å². The number of carbonyl (C=O) groups excluding carboxylic acids is 2. The molecule has 4 nitrogen and oxygen atoms in total. The summed E-state index contributed by atoms with van der Waals surface area (Å²) in [7, 11) is 0. The average Bonchev–Trinajstić information content (AvgIpc) is 3.06. The monoisotopic (exact) mass is 352 g/mol. The maximum absolute atomic E-state index is 12.0. The lowest BCUT2D eigenvalue weighted by Crippen LogP contribution is -2.17. The normalized spacial score (nSPS) is 9.96. The molecule has 1 aromatic carbocycles. The van der Waals surface area contributed by atoms with Gasteiger partial charge in [-0.3, -0.25) is 9.59 Å². The van der Waals surface area contributed by atoms with Gasteiger partial charge in [0.05, 0.1) is 4.88 Å². The van der Waals surface area contributed by atoms with Gasteiger partial charge in [-0.05, 0) is 29.6 Å². The number of nitrogens with one attached hydrogen (secondary N) is 2. The molecule has 0 spiro atoms. The molecule has 124 valence electrons. The van der Waals surface area contributed by atoms with Gasteiger partial charge in [0, 0.05) is 25.1 Å². The maximum atomic E-state index is 12.0. The summed E-state index contributed by atoms with van der Waals surface area (Å²) in [6.45, 7) is 3.62. The van der Waals surface area contributed by atoms with E-state index in [1.165, 1.54) is 11.3 Å². The molecule has 2 rings (SSSR count). The maximum Gasteiger partial charge on any atom is 0.224 e. The SMILES string of the molecule is CCNCc1ccccc1NC(=O)CCC(=O)c1cccs1.Cl. The molecule has 0 radical (unpaired) electrons. The van der Waals surface area contributed by atoms with Crippen LogP contribution in [0, 0.1) is 0 Å². The van der Waals surface area contributed by atoms with Crippen LogP contribution in [-0.2, 0) is 11.3 Å². The summed E-state index contributed by atoms with van der Waals surface area (Å²) in [5.41, 5.74) is 1.85. The summed E-state index contributed by atoms with van der Waals surface area (Å²) in [6.07, 6.45) is 0.438. The molecule has 2 N–H and O–H groups in total. The van der Waals surface area contributed by atoms with Gasteiger partial charge in [0.15, 0.2) is 5.78 Å². The van der Waals surface area contributed by atoms with Crippen molar-refractivity contribution in [3.63, 3.8) is 0 Å². The van der Waals surface area contributed by atoms with E-state index in [0.717, 1.165) is 17.8 Å². The molecule has 0 unspecified atom stereocenters. The van der Waals surface area contributed by atoms with Crippen molar-refractivity contribution in [3.05, 3.63) is 52.2 Å². The fourth-order valence-electron chi connectivity index (χ4n) is 2.06. The lowest BCUT2D eigenvalue weighted by atomic mass is 10.1. The van der Waals surface area contributed by atoms with Crippen LogP contribution in [0.4, 0.5) is 5.69 Å². The molecule has 0 fully saturated rings. The topological polar surface area (TPSA) is 58.2 Å². The van der Waals surface area contributed by atoms with Crippen molar-refractivity contribution >= 4 is 41.1 Å². The summed E-state index contributed by atoms with van der Waals surface area (Å²) >= 11 is 1.41. The van der Waals surface area contributed by atoms with Crippen LogP contribution in [0.3, 0.4) is 0 Å². The average molecular weight is 353 g/mol. The highest BCUT2D eigenvalue weighted by Crippen LogP contribution is 2.16. The molecular formula is C17H21ClN2O2S. The second-order valence-electron chi connectivity index (χ2n) is 4.89. The summed E-state index contributed by atoms with van der Waals surface area (Å²) in [5.74, 6) is -0.111. The molecule has 0 aliphatic rings. The highest BCUT2D eigenvalue weighted by Gasteiger charge is 2.11. The molecule has 1 aromatic heterocycles. The van der Waals surface area contributed by atoms with E-state index in [1.807, 2.05) is 42.6 Å². The number of ketones is 1. The van der Waals surface area contributed by atoms with Crippen molar-refractivity contribution in [1.29, 1.82) is 0 Å². The van der Waals surface area contributed by atoms with Gasteiger partial charge < -0.3 is 10.6 Å². The van der Waals surface area contributed by atoms with E-state index < -0.39 is 0 Å². The highest BCUT2D eigenvalue weighted by molar-refractivity contribution is 7.12. The number of para-hydroxylation sites is 1. The molecule has 0 aliphatic carbocycles. The van der Waals surface area contributed by atoms with E-state index in [0.29, 0.717) is 11.4 Å². The second kappa shape index (κ2) is 10.2. The van der Waals surface area contributed by atoms with Crippen LogP contribution in [0.5, 0.6) is 0 Å². The van der Waals surface area contributed by atoms with Gasteiger partial charge in [-0.2, -0.15) is 0 Å². The Hall–Kier alpha value is -1.69. The Morgan fingerprint density at radius 1 is 1.09 bits per heavy atom. The number of carbonyl (C=O) groups is 2. The van der Waals surface area contributed by atoms with Crippen LogP contribution >= 0.6 is 23.7 Å². The van der Waals surface area contributed by atoms with E-state index in [-0.39, 0.29) is 36.9 Å². The number of hydrogen-bond donors (Lipinski definition) is 2. The number of halogens is 1. The third-order valence-corrected chi connectivity index (χ3v) is 4.14. The van der Waals surface area contributed by atoms with Crippen LogP contribution in [0.1, 0.15) is 35.0 Å². The fourth-order valence-corrected chi connectivity index (χ4v) is 2.75. The predicted molar refractivity (Wildman–Crippen MR) is 97.6 cm³/mol. The molecule has 0 atom stereocenters. The van der Waals surface area contributed by atoms with Gasteiger partial charge in [0.25, 0.3) is 0 Å². The first-order chi connectivity index (χ1) is 10.7. The summed E-state index contributed by atoms with van der Waals surface area (Å²) < 4.78 is 0. The summed E-state index contributed by atoms with van der Waals surface area (Å²) in [5, 5.41) is 8.00. The number of anilines is 1. The largest absolute Gasteiger partial charge is 0.326 e. The number of thiophene rings is 1. The van der Waals surface area contributed by atoms with Crippen molar-refractivity contribution in [2.75, 3.05) is 11.9 Å². The van der Waals surface area contributed by atoms with Crippen molar-refractivity contribution in [3.8, 4) is 0 Å². The first-order valence-corrected chi connectivity index (χ1v) is 8.24. The zero-order valence-corrected chi connectivity index (χ0v) is 14.6. The van der Waals surface area contributed by atoms with E-state index in [4.69, 9.17) is 0 Å². The Balaban J connectivity index is 0.00000264. The zero-order valence-electron chi connectivity index (χ0n) is 13.0. The van der Waals surface area contributed by atoms with Crippen LogP contribution < -0.4 is 10.6 Å². The third kappa shape index (κ3) is 6.14. The Morgan fingerprint density at radius 2 is 1.87 bits per heavy atom. The second-order valence-corrected chi connectivity index (χ2v) is 5.83. The first-order valence-electron chi connectivity index (χ1n) is 7.36. The zero-order chi connectivity index (χ0) is 15.8. The predicted octanol–water partition coefficient (Wildman–Crippen LogP) is 3.88. The fraction of sp³-hybridized carbons (Fsp3) is 0.294. The lowest BCUT2D eigenvalue weighted by molar-refractivity contribution is -0.116. The van der Waals surface area contributed by atoms with Crippen molar-refractivity contribution < 1.29 is 9.59 Å². The number of rotatable bonds is 8. The van der Waals surface area contributed by atoms with Crippen molar-refractivity contribution in [2.24, 2.45) is 0 Å². The van der Waals surface area contributed by atoms with Gasteiger partial charge in [0.2, 0.25) is 5.91 Å². The van der Waals surface area contributed by atoms with E-state index in [9.17, 15) is 9.59 Å². The Kier molecular flexibility index (Phi) is 8.55.